The topological polar surface area (TPSA) is 79.5 Å². The number of amides is 3. The number of rotatable bonds is 7. The van der Waals surface area contributed by atoms with Crippen LogP contribution in [0, 0.1) is 0 Å². The number of ether oxygens (including phenoxy) is 1. The van der Waals surface area contributed by atoms with Gasteiger partial charge >= 0.3 is 6.03 Å². The van der Waals surface area contributed by atoms with Crippen molar-refractivity contribution in [1.82, 2.24) is 16.0 Å². The van der Waals surface area contributed by atoms with Gasteiger partial charge in [0.1, 0.15) is 12.4 Å². The molecule has 0 fully saturated rings. The lowest BCUT2D eigenvalue weighted by Gasteiger charge is -2.29. The standard InChI is InChI=1S/C26H25N3O3/c1-18-23(25(30)27-16-19-10-4-2-5-11-19)24(29-26(31)28-18)21-14-8-9-15-22(21)32-17-20-12-6-3-7-13-20/h2-15,24H,16-17H2,1H3,(H,27,30)(H2,28,29,31). The number of benzene rings is 3. The van der Waals surface area contributed by atoms with Crippen molar-refractivity contribution in [2.24, 2.45) is 0 Å². The van der Waals surface area contributed by atoms with Gasteiger partial charge in [0.2, 0.25) is 0 Å². The van der Waals surface area contributed by atoms with Crippen molar-refractivity contribution in [2.45, 2.75) is 26.1 Å². The third-order valence-corrected chi connectivity index (χ3v) is 5.28. The van der Waals surface area contributed by atoms with Crippen LogP contribution in [0.15, 0.2) is 96.2 Å². The lowest BCUT2D eigenvalue weighted by molar-refractivity contribution is -0.118. The van der Waals surface area contributed by atoms with E-state index < -0.39 is 6.04 Å². The lowest BCUT2D eigenvalue weighted by atomic mass is 9.94. The van der Waals surface area contributed by atoms with E-state index in [0.717, 1.165) is 16.7 Å². The SMILES string of the molecule is CC1=C(C(=O)NCc2ccccc2)C(c2ccccc2OCc2ccccc2)NC(=O)N1. The van der Waals surface area contributed by atoms with Gasteiger partial charge in [0.05, 0.1) is 11.6 Å². The summed E-state index contributed by atoms with van der Waals surface area (Å²) >= 11 is 0. The minimum Gasteiger partial charge on any atom is -0.489 e. The normalized spacial score (nSPS) is 15.5. The van der Waals surface area contributed by atoms with E-state index in [4.69, 9.17) is 4.74 Å². The van der Waals surface area contributed by atoms with E-state index in [1.807, 2.05) is 84.9 Å². The van der Waals surface area contributed by atoms with Gasteiger partial charge in [0, 0.05) is 17.8 Å². The van der Waals surface area contributed by atoms with Crippen molar-refractivity contribution in [3.8, 4) is 5.75 Å². The van der Waals surface area contributed by atoms with E-state index in [-0.39, 0.29) is 11.9 Å². The van der Waals surface area contributed by atoms with Crippen LogP contribution in [-0.4, -0.2) is 11.9 Å². The molecule has 1 unspecified atom stereocenters. The maximum Gasteiger partial charge on any atom is 0.319 e. The molecule has 162 valence electrons. The zero-order valence-corrected chi connectivity index (χ0v) is 17.8. The Morgan fingerprint density at radius 1 is 0.906 bits per heavy atom. The van der Waals surface area contributed by atoms with Crippen molar-refractivity contribution < 1.29 is 14.3 Å². The highest BCUT2D eigenvalue weighted by Gasteiger charge is 2.32. The second-order valence-corrected chi connectivity index (χ2v) is 7.55. The quantitative estimate of drug-likeness (QED) is 0.529. The number of allylic oxidation sites excluding steroid dienone is 1. The van der Waals surface area contributed by atoms with Gasteiger partial charge in [0.15, 0.2) is 0 Å². The molecule has 0 bridgehead atoms. The van der Waals surface area contributed by atoms with Gasteiger partial charge in [-0.3, -0.25) is 4.79 Å². The minimum atomic E-state index is -0.633. The molecule has 1 heterocycles. The maximum atomic E-state index is 13.2. The first-order valence-electron chi connectivity index (χ1n) is 10.5. The fourth-order valence-corrected chi connectivity index (χ4v) is 3.69. The van der Waals surface area contributed by atoms with Crippen LogP contribution in [0.3, 0.4) is 0 Å². The Kier molecular flexibility index (Phi) is 6.51. The molecule has 0 saturated heterocycles. The summed E-state index contributed by atoms with van der Waals surface area (Å²) in [5, 5.41) is 8.56. The third-order valence-electron chi connectivity index (χ3n) is 5.28. The van der Waals surface area contributed by atoms with Gasteiger partial charge < -0.3 is 20.7 Å². The fourth-order valence-electron chi connectivity index (χ4n) is 3.69. The highest BCUT2D eigenvalue weighted by molar-refractivity contribution is 5.98. The highest BCUT2D eigenvalue weighted by atomic mass is 16.5. The smallest absolute Gasteiger partial charge is 0.319 e. The van der Waals surface area contributed by atoms with Gasteiger partial charge in [-0.2, -0.15) is 0 Å². The Balaban J connectivity index is 1.58. The Morgan fingerprint density at radius 2 is 1.53 bits per heavy atom. The van der Waals surface area contributed by atoms with Gasteiger partial charge in [-0.25, -0.2) is 4.79 Å². The number of urea groups is 1. The predicted molar refractivity (Wildman–Crippen MR) is 123 cm³/mol. The summed E-state index contributed by atoms with van der Waals surface area (Å²) in [4.78, 5) is 25.4. The molecule has 3 aromatic carbocycles. The molecule has 0 aromatic heterocycles. The number of hydrogen-bond acceptors (Lipinski definition) is 3. The number of nitrogens with one attached hydrogen (secondary N) is 3. The van der Waals surface area contributed by atoms with Crippen LogP contribution in [0.5, 0.6) is 5.75 Å². The van der Waals surface area contributed by atoms with E-state index in [9.17, 15) is 9.59 Å². The molecule has 1 atom stereocenters. The monoisotopic (exact) mass is 427 g/mol. The zero-order chi connectivity index (χ0) is 22.3. The summed E-state index contributed by atoms with van der Waals surface area (Å²) in [5.41, 5.74) is 3.72. The van der Waals surface area contributed by atoms with Crippen molar-refractivity contribution in [3.63, 3.8) is 0 Å². The van der Waals surface area contributed by atoms with Crippen LogP contribution >= 0.6 is 0 Å². The number of carbonyl (C=O) groups excluding carboxylic acids is 2. The van der Waals surface area contributed by atoms with Crippen LogP contribution in [0.25, 0.3) is 0 Å². The molecule has 0 aliphatic carbocycles. The number of carbonyl (C=O) groups is 2. The average molecular weight is 428 g/mol. The molecule has 3 N–H and O–H groups in total. The Morgan fingerprint density at radius 3 is 2.25 bits per heavy atom. The third kappa shape index (κ3) is 4.98. The molecule has 3 amide bonds. The van der Waals surface area contributed by atoms with Gasteiger partial charge in [-0.1, -0.05) is 78.9 Å². The summed E-state index contributed by atoms with van der Waals surface area (Å²) in [7, 11) is 0. The van der Waals surface area contributed by atoms with Crippen LogP contribution in [-0.2, 0) is 17.9 Å². The fraction of sp³-hybridized carbons (Fsp3) is 0.154. The first kappa shape index (κ1) is 21.2. The Bertz CT molecular complexity index is 1130. The summed E-state index contributed by atoms with van der Waals surface area (Å²) in [6.07, 6.45) is 0. The second kappa shape index (κ2) is 9.83. The molecule has 6 heteroatoms. The van der Waals surface area contributed by atoms with Crippen molar-refractivity contribution in [3.05, 3.63) is 113 Å². The average Bonchev–Trinajstić information content (AvgIpc) is 2.82. The van der Waals surface area contributed by atoms with Gasteiger partial charge in [-0.05, 0) is 24.1 Å². The first-order chi connectivity index (χ1) is 15.6. The molecule has 6 nitrogen and oxygen atoms in total. The minimum absolute atomic E-state index is 0.248. The summed E-state index contributed by atoms with van der Waals surface area (Å²) in [5.74, 6) is 0.367. The first-order valence-corrected chi connectivity index (χ1v) is 10.5. The van der Waals surface area contributed by atoms with Crippen LogP contribution in [0.4, 0.5) is 4.79 Å². The number of para-hydroxylation sites is 1. The maximum absolute atomic E-state index is 13.2. The van der Waals surface area contributed by atoms with E-state index in [1.165, 1.54) is 0 Å². The molecule has 1 aliphatic heterocycles. The molecule has 4 rings (SSSR count). The highest BCUT2D eigenvalue weighted by Crippen LogP contribution is 2.33. The van der Waals surface area contributed by atoms with Crippen molar-refractivity contribution in [1.29, 1.82) is 0 Å². The largest absolute Gasteiger partial charge is 0.489 e. The number of hydrogen-bond donors (Lipinski definition) is 3. The molecule has 3 aromatic rings. The van der Waals surface area contributed by atoms with Crippen molar-refractivity contribution in [2.75, 3.05) is 0 Å². The molecule has 1 aliphatic rings. The van der Waals surface area contributed by atoms with Crippen LogP contribution in [0.1, 0.15) is 29.7 Å². The van der Waals surface area contributed by atoms with E-state index in [0.29, 0.717) is 30.2 Å². The van der Waals surface area contributed by atoms with Gasteiger partial charge in [-0.15, -0.1) is 0 Å². The molecule has 0 spiro atoms. The van der Waals surface area contributed by atoms with E-state index >= 15 is 0 Å². The summed E-state index contributed by atoms with van der Waals surface area (Å²) in [6, 6.07) is 26.0. The molecule has 32 heavy (non-hydrogen) atoms. The second-order valence-electron chi connectivity index (χ2n) is 7.55. The van der Waals surface area contributed by atoms with Gasteiger partial charge in [0.25, 0.3) is 5.91 Å². The molecule has 0 radical (unpaired) electrons. The van der Waals surface area contributed by atoms with E-state index in [2.05, 4.69) is 16.0 Å². The van der Waals surface area contributed by atoms with Crippen molar-refractivity contribution >= 4 is 11.9 Å². The van der Waals surface area contributed by atoms with Crippen LogP contribution < -0.4 is 20.7 Å². The Labute approximate surface area is 187 Å². The molecular formula is C26H25N3O3. The van der Waals surface area contributed by atoms with E-state index in [1.54, 1.807) is 6.92 Å². The summed E-state index contributed by atoms with van der Waals surface area (Å²) < 4.78 is 6.08. The predicted octanol–water partition coefficient (Wildman–Crippen LogP) is 4.21. The Hall–Kier alpha value is -4.06. The summed E-state index contributed by atoms with van der Waals surface area (Å²) in [6.45, 7) is 2.51. The molecule has 0 saturated carbocycles. The zero-order valence-electron chi connectivity index (χ0n) is 17.8. The van der Waals surface area contributed by atoms with Crippen LogP contribution in [0.2, 0.25) is 0 Å². The molecular weight excluding hydrogens is 402 g/mol. The lowest BCUT2D eigenvalue weighted by Crippen LogP contribution is -2.47.